The first kappa shape index (κ1) is 14.7. The van der Waals surface area contributed by atoms with Gasteiger partial charge in [-0.05, 0) is 56.6 Å². The molecule has 0 radical (unpaired) electrons. The van der Waals surface area contributed by atoms with Crippen molar-refractivity contribution in [2.24, 2.45) is 0 Å². The molecule has 1 aromatic heterocycles. The van der Waals surface area contributed by atoms with Crippen LogP contribution in [0.2, 0.25) is 0 Å². The summed E-state index contributed by atoms with van der Waals surface area (Å²) in [6, 6.07) is 11.7. The molecule has 1 aliphatic heterocycles. The van der Waals surface area contributed by atoms with Crippen LogP contribution in [0.25, 0.3) is 0 Å². The molecule has 1 saturated heterocycles. The molecule has 1 N–H and O–H groups in total. The fourth-order valence-corrected chi connectivity index (χ4v) is 2.76. The molecule has 2 heterocycles. The third-order valence-corrected chi connectivity index (χ3v) is 4.03. The van der Waals surface area contributed by atoms with E-state index in [1.54, 1.807) is 12.3 Å². The van der Waals surface area contributed by atoms with Gasteiger partial charge in [0, 0.05) is 24.1 Å². The van der Waals surface area contributed by atoms with Gasteiger partial charge in [-0.25, -0.2) is 0 Å². The molecule has 1 fully saturated rings. The first-order chi connectivity index (χ1) is 10.7. The molecule has 4 nitrogen and oxygen atoms in total. The largest absolute Gasteiger partial charge is 0.322 e. The molecule has 0 atom stereocenters. The van der Waals surface area contributed by atoms with E-state index in [1.807, 2.05) is 31.2 Å². The number of nitrogens with one attached hydrogen (secondary N) is 1. The van der Waals surface area contributed by atoms with E-state index in [9.17, 15) is 4.79 Å². The van der Waals surface area contributed by atoms with Gasteiger partial charge in [-0.2, -0.15) is 0 Å². The second-order valence-electron chi connectivity index (χ2n) is 5.78. The molecule has 2 aromatic rings. The van der Waals surface area contributed by atoms with Crippen LogP contribution in [-0.2, 0) is 6.54 Å². The highest BCUT2D eigenvalue weighted by Gasteiger charge is 2.15. The van der Waals surface area contributed by atoms with Crippen molar-refractivity contribution in [3.05, 3.63) is 59.4 Å². The average molecular weight is 295 g/mol. The minimum Gasteiger partial charge on any atom is -0.322 e. The Kier molecular flexibility index (Phi) is 4.49. The zero-order valence-corrected chi connectivity index (χ0v) is 12.9. The number of rotatable bonds is 4. The van der Waals surface area contributed by atoms with Crippen LogP contribution in [0.3, 0.4) is 0 Å². The van der Waals surface area contributed by atoms with Gasteiger partial charge in [0.2, 0.25) is 0 Å². The maximum Gasteiger partial charge on any atom is 0.257 e. The lowest BCUT2D eigenvalue weighted by molar-refractivity contribution is 0.102. The highest BCUT2D eigenvalue weighted by atomic mass is 16.1. The monoisotopic (exact) mass is 295 g/mol. The maximum absolute atomic E-state index is 12.4. The van der Waals surface area contributed by atoms with Crippen molar-refractivity contribution < 1.29 is 4.79 Å². The molecule has 0 unspecified atom stereocenters. The molecule has 0 saturated carbocycles. The second-order valence-corrected chi connectivity index (χ2v) is 5.78. The molecular formula is C18H21N3O. The van der Waals surface area contributed by atoms with Crippen LogP contribution in [0, 0.1) is 6.92 Å². The van der Waals surface area contributed by atoms with E-state index < -0.39 is 0 Å². The van der Waals surface area contributed by atoms with E-state index in [4.69, 9.17) is 0 Å². The van der Waals surface area contributed by atoms with Crippen LogP contribution in [0.4, 0.5) is 5.69 Å². The Balaban J connectivity index is 1.73. The van der Waals surface area contributed by atoms with Crippen molar-refractivity contribution >= 4 is 11.6 Å². The van der Waals surface area contributed by atoms with Crippen molar-refractivity contribution in [1.29, 1.82) is 0 Å². The zero-order chi connectivity index (χ0) is 15.4. The van der Waals surface area contributed by atoms with Crippen molar-refractivity contribution in [2.45, 2.75) is 26.3 Å². The molecule has 22 heavy (non-hydrogen) atoms. The number of hydrogen-bond donors (Lipinski definition) is 1. The first-order valence-electron chi connectivity index (χ1n) is 7.76. The summed E-state index contributed by atoms with van der Waals surface area (Å²) in [7, 11) is 0. The number of nitrogens with zero attached hydrogens (tertiary/aromatic N) is 2. The number of aromatic nitrogens is 1. The van der Waals surface area contributed by atoms with E-state index in [2.05, 4.69) is 21.3 Å². The van der Waals surface area contributed by atoms with Crippen molar-refractivity contribution in [3.8, 4) is 0 Å². The Bertz CT molecular complexity index is 646. The molecule has 0 aliphatic carbocycles. The third kappa shape index (κ3) is 3.52. The van der Waals surface area contributed by atoms with E-state index in [1.165, 1.54) is 12.8 Å². The van der Waals surface area contributed by atoms with Gasteiger partial charge in [0.1, 0.15) is 0 Å². The fraction of sp³-hybridized carbons (Fsp3) is 0.333. The van der Waals surface area contributed by atoms with Crippen LogP contribution in [0.5, 0.6) is 0 Å². The highest BCUT2D eigenvalue weighted by Crippen LogP contribution is 2.20. The number of anilines is 1. The number of benzene rings is 1. The van der Waals surface area contributed by atoms with Crippen LogP contribution in [0.1, 0.15) is 34.5 Å². The summed E-state index contributed by atoms with van der Waals surface area (Å²) in [6.07, 6.45) is 4.15. The van der Waals surface area contributed by atoms with Gasteiger partial charge in [-0.15, -0.1) is 0 Å². The molecule has 1 aromatic carbocycles. The molecule has 1 amide bonds. The summed E-state index contributed by atoms with van der Waals surface area (Å²) in [5.74, 6) is -0.110. The summed E-state index contributed by atoms with van der Waals surface area (Å²) in [4.78, 5) is 19.0. The summed E-state index contributed by atoms with van der Waals surface area (Å²) >= 11 is 0. The predicted molar refractivity (Wildman–Crippen MR) is 87.9 cm³/mol. The van der Waals surface area contributed by atoms with Crippen molar-refractivity contribution in [3.63, 3.8) is 0 Å². The topological polar surface area (TPSA) is 45.2 Å². The lowest BCUT2D eigenvalue weighted by Crippen LogP contribution is -2.20. The van der Waals surface area contributed by atoms with Gasteiger partial charge in [-0.3, -0.25) is 14.7 Å². The maximum atomic E-state index is 12.4. The number of aryl methyl sites for hydroxylation is 1. The van der Waals surface area contributed by atoms with Crippen LogP contribution < -0.4 is 5.32 Å². The Hall–Kier alpha value is -2.20. The molecule has 0 spiro atoms. The fourth-order valence-electron chi connectivity index (χ4n) is 2.76. The third-order valence-electron chi connectivity index (χ3n) is 4.03. The molecular weight excluding hydrogens is 274 g/mol. The quantitative estimate of drug-likeness (QED) is 0.942. The van der Waals surface area contributed by atoms with Crippen LogP contribution in [0.15, 0.2) is 42.6 Å². The number of carbonyl (C=O) groups is 1. The van der Waals surface area contributed by atoms with E-state index in [0.29, 0.717) is 5.56 Å². The standard InChI is InChI=1S/C18H21N3O/c1-14-8-9-15(12-19-14)18(22)20-17-7-3-2-6-16(17)13-21-10-4-5-11-21/h2-3,6-9,12H,4-5,10-11,13H2,1H3,(H,20,22). The van der Waals surface area contributed by atoms with Crippen molar-refractivity contribution in [1.82, 2.24) is 9.88 Å². The summed E-state index contributed by atoms with van der Waals surface area (Å²) < 4.78 is 0. The van der Waals surface area contributed by atoms with Gasteiger partial charge < -0.3 is 5.32 Å². The molecule has 4 heteroatoms. The molecule has 3 rings (SSSR count). The normalized spacial score (nSPS) is 15.0. The van der Waals surface area contributed by atoms with E-state index in [0.717, 1.165) is 36.6 Å². The Morgan fingerprint density at radius 1 is 1.18 bits per heavy atom. The number of para-hydroxylation sites is 1. The van der Waals surface area contributed by atoms with E-state index >= 15 is 0 Å². The number of amides is 1. The summed E-state index contributed by atoms with van der Waals surface area (Å²) in [5, 5.41) is 3.01. The van der Waals surface area contributed by atoms with E-state index in [-0.39, 0.29) is 5.91 Å². The Morgan fingerprint density at radius 2 is 1.95 bits per heavy atom. The lowest BCUT2D eigenvalue weighted by Gasteiger charge is -2.17. The van der Waals surface area contributed by atoms with Gasteiger partial charge >= 0.3 is 0 Å². The number of carbonyl (C=O) groups excluding carboxylic acids is 1. The van der Waals surface area contributed by atoms with Gasteiger partial charge in [0.25, 0.3) is 5.91 Å². The summed E-state index contributed by atoms with van der Waals surface area (Å²) in [5.41, 5.74) is 3.55. The Labute approximate surface area is 131 Å². The lowest BCUT2D eigenvalue weighted by atomic mass is 10.1. The van der Waals surface area contributed by atoms with Crippen LogP contribution >= 0.6 is 0 Å². The van der Waals surface area contributed by atoms with Gasteiger partial charge in [-0.1, -0.05) is 18.2 Å². The average Bonchev–Trinajstić information content (AvgIpc) is 3.03. The SMILES string of the molecule is Cc1ccc(C(=O)Nc2ccccc2CN2CCCC2)cn1. The molecule has 1 aliphatic rings. The highest BCUT2D eigenvalue weighted by molar-refractivity contribution is 6.04. The van der Waals surface area contributed by atoms with Crippen LogP contribution in [-0.4, -0.2) is 28.9 Å². The zero-order valence-electron chi connectivity index (χ0n) is 12.9. The minimum absolute atomic E-state index is 0.110. The number of likely N-dealkylation sites (tertiary alicyclic amines) is 1. The van der Waals surface area contributed by atoms with Gasteiger partial charge in [0.15, 0.2) is 0 Å². The molecule has 0 bridgehead atoms. The smallest absolute Gasteiger partial charge is 0.257 e. The van der Waals surface area contributed by atoms with Crippen molar-refractivity contribution in [2.75, 3.05) is 18.4 Å². The number of pyridine rings is 1. The second kappa shape index (κ2) is 6.71. The minimum atomic E-state index is -0.110. The Morgan fingerprint density at radius 3 is 2.68 bits per heavy atom. The predicted octanol–water partition coefficient (Wildman–Crippen LogP) is 3.24. The van der Waals surface area contributed by atoms with Gasteiger partial charge in [0.05, 0.1) is 5.56 Å². The number of hydrogen-bond acceptors (Lipinski definition) is 3. The summed E-state index contributed by atoms with van der Waals surface area (Å²) in [6.45, 7) is 5.09. The first-order valence-corrected chi connectivity index (χ1v) is 7.76. The molecule has 114 valence electrons.